The molecule has 9 nitrogen and oxygen atoms in total. The zero-order valence-electron chi connectivity index (χ0n) is 14.4. The number of primary sulfonamides is 1. The Morgan fingerprint density at radius 3 is 2.61 bits per heavy atom. The molecule has 1 aliphatic rings. The Balaban J connectivity index is 1.85. The number of carbonyl (C=O) groups is 1. The summed E-state index contributed by atoms with van der Waals surface area (Å²) in [5, 5.41) is 7.30. The van der Waals surface area contributed by atoms with E-state index in [1.165, 1.54) is 13.0 Å². The molecule has 12 heteroatoms. The number of hydrogen-bond acceptors (Lipinski definition) is 6. The summed E-state index contributed by atoms with van der Waals surface area (Å²) in [7, 11) is -7.92. The molecule has 0 bridgehead atoms. The highest BCUT2D eigenvalue weighted by molar-refractivity contribution is 7.90. The number of nitrogens with one attached hydrogen (secondary N) is 2. The van der Waals surface area contributed by atoms with E-state index in [0.29, 0.717) is 5.56 Å². The number of aliphatic imine (C=N–C) groups is 1. The van der Waals surface area contributed by atoms with Gasteiger partial charge >= 0.3 is 0 Å². The lowest BCUT2D eigenvalue weighted by Crippen LogP contribution is -2.29. The van der Waals surface area contributed by atoms with Gasteiger partial charge in [-0.15, -0.1) is 0 Å². The monoisotopic (exact) mass is 426 g/mol. The molecule has 2 aromatic carbocycles. The summed E-state index contributed by atoms with van der Waals surface area (Å²) in [6, 6.07) is 7.72. The van der Waals surface area contributed by atoms with Crippen molar-refractivity contribution in [3.05, 3.63) is 53.8 Å². The lowest BCUT2D eigenvalue weighted by atomic mass is 10.2. The zero-order valence-corrected chi connectivity index (χ0v) is 16.0. The lowest BCUT2D eigenvalue weighted by Gasteiger charge is -2.11. The average Bonchev–Trinajstić information content (AvgIpc) is 2.84. The highest BCUT2D eigenvalue weighted by atomic mass is 32.2. The molecular weight excluding hydrogens is 411 g/mol. The van der Waals surface area contributed by atoms with Gasteiger partial charge in [-0.2, -0.15) is 0 Å². The zero-order chi connectivity index (χ0) is 20.7. The number of nitrogens with zero attached hydrogens (tertiary/aromatic N) is 1. The maximum absolute atomic E-state index is 13.6. The van der Waals surface area contributed by atoms with Crippen LogP contribution in [0.1, 0.15) is 12.5 Å². The summed E-state index contributed by atoms with van der Waals surface area (Å²) >= 11 is 0. The number of hydrogen-bond donors (Lipinski definition) is 3. The first-order valence-electron chi connectivity index (χ1n) is 7.82. The summed E-state index contributed by atoms with van der Waals surface area (Å²) in [6.45, 7) is 1.40. The number of nitrogens with two attached hydrogens (primary N) is 1. The molecule has 4 N–H and O–H groups in total. The summed E-state index contributed by atoms with van der Waals surface area (Å²) < 4.78 is 62.8. The van der Waals surface area contributed by atoms with Crippen LogP contribution < -0.4 is 15.2 Å². The summed E-state index contributed by atoms with van der Waals surface area (Å²) in [4.78, 5) is 16.0. The third-order valence-electron chi connectivity index (χ3n) is 3.83. The molecule has 1 aliphatic heterocycles. The first kappa shape index (κ1) is 19.9. The van der Waals surface area contributed by atoms with Crippen LogP contribution >= 0.6 is 0 Å². The van der Waals surface area contributed by atoms with E-state index in [1.54, 1.807) is 18.2 Å². The summed E-state index contributed by atoms with van der Waals surface area (Å²) in [5.74, 6) is -1.61. The number of benzene rings is 2. The number of fused-ring (bicyclic) bond motifs is 1. The van der Waals surface area contributed by atoms with Gasteiger partial charge < -0.3 is 5.32 Å². The first-order chi connectivity index (χ1) is 13.0. The minimum absolute atomic E-state index is 0.00252. The van der Waals surface area contributed by atoms with Gasteiger partial charge in [-0.25, -0.2) is 26.4 Å². The van der Waals surface area contributed by atoms with Crippen LogP contribution in [0.25, 0.3) is 0 Å². The molecule has 2 aromatic rings. The summed E-state index contributed by atoms with van der Waals surface area (Å²) in [5.41, 5.74) is 0.192. The molecular formula is C16H15FN4O5S2. The molecule has 0 saturated carbocycles. The number of anilines is 1. The molecule has 0 fully saturated rings. The molecule has 1 heterocycles. The third-order valence-corrected chi connectivity index (χ3v) is 6.12. The van der Waals surface area contributed by atoms with Crippen molar-refractivity contribution in [3.63, 3.8) is 0 Å². The van der Waals surface area contributed by atoms with Crippen LogP contribution in [0.3, 0.4) is 0 Å². The van der Waals surface area contributed by atoms with E-state index >= 15 is 0 Å². The second-order valence-corrected chi connectivity index (χ2v) is 9.18. The van der Waals surface area contributed by atoms with Crippen LogP contribution in [0.15, 0.2) is 57.2 Å². The van der Waals surface area contributed by atoms with Gasteiger partial charge in [0.2, 0.25) is 15.9 Å². The maximum atomic E-state index is 13.6. The molecule has 0 unspecified atom stereocenters. The van der Waals surface area contributed by atoms with Crippen molar-refractivity contribution in [1.82, 2.24) is 4.72 Å². The topological polar surface area (TPSA) is 148 Å². The molecule has 0 aliphatic carbocycles. The van der Waals surface area contributed by atoms with Gasteiger partial charge in [-0.3, -0.25) is 14.5 Å². The number of sulfonamides is 2. The van der Waals surface area contributed by atoms with E-state index in [9.17, 15) is 26.0 Å². The predicted octanol–water partition coefficient (Wildman–Crippen LogP) is 0.539. The molecule has 3 rings (SSSR count). The fourth-order valence-electron chi connectivity index (χ4n) is 2.53. The minimum Gasteiger partial charge on any atom is -0.324 e. The first-order valence-corrected chi connectivity index (χ1v) is 10.8. The van der Waals surface area contributed by atoms with Gasteiger partial charge in [0.05, 0.1) is 9.79 Å². The fraction of sp³-hybridized carbons (Fsp3) is 0.125. The Morgan fingerprint density at radius 2 is 1.93 bits per heavy atom. The van der Waals surface area contributed by atoms with Crippen molar-refractivity contribution in [2.45, 2.75) is 22.8 Å². The SMILES string of the molecule is C[C@H](N=C1NS(=O)(=O)c2ccccc21)C(=O)Nc1cc(F)cc(S(N)(=O)=O)c1. The largest absolute Gasteiger partial charge is 0.324 e. The molecule has 0 spiro atoms. The molecule has 1 amide bonds. The van der Waals surface area contributed by atoms with E-state index in [1.807, 2.05) is 0 Å². The van der Waals surface area contributed by atoms with E-state index in [-0.39, 0.29) is 16.4 Å². The number of carbonyl (C=O) groups excluding carboxylic acids is 1. The number of rotatable bonds is 4. The van der Waals surface area contributed by atoms with Crippen LogP contribution in [0.2, 0.25) is 0 Å². The molecule has 0 radical (unpaired) electrons. The normalized spacial score (nSPS) is 17.6. The van der Waals surface area contributed by atoms with Gasteiger partial charge in [0.15, 0.2) is 0 Å². The highest BCUT2D eigenvalue weighted by Gasteiger charge is 2.31. The fourth-order valence-corrected chi connectivity index (χ4v) is 4.34. The molecule has 28 heavy (non-hydrogen) atoms. The quantitative estimate of drug-likeness (QED) is 0.653. The van der Waals surface area contributed by atoms with Crippen LogP contribution in [0.5, 0.6) is 0 Å². The molecule has 1 atom stereocenters. The summed E-state index contributed by atoms with van der Waals surface area (Å²) in [6.07, 6.45) is 0. The van der Waals surface area contributed by atoms with Crippen molar-refractivity contribution >= 4 is 37.5 Å². The van der Waals surface area contributed by atoms with Gasteiger partial charge in [-0.1, -0.05) is 12.1 Å². The van der Waals surface area contributed by atoms with E-state index in [4.69, 9.17) is 5.14 Å². The Bertz CT molecular complexity index is 1210. The molecule has 0 aromatic heterocycles. The Morgan fingerprint density at radius 1 is 1.25 bits per heavy atom. The molecule has 0 saturated heterocycles. The van der Waals surface area contributed by atoms with Crippen molar-refractivity contribution in [2.75, 3.05) is 5.32 Å². The van der Waals surface area contributed by atoms with Crippen molar-refractivity contribution < 1.29 is 26.0 Å². The van der Waals surface area contributed by atoms with Crippen LogP contribution in [-0.4, -0.2) is 34.6 Å². The van der Waals surface area contributed by atoms with Gasteiger partial charge in [0.1, 0.15) is 17.7 Å². The lowest BCUT2D eigenvalue weighted by molar-refractivity contribution is -0.117. The van der Waals surface area contributed by atoms with Crippen LogP contribution in [-0.2, 0) is 24.8 Å². The van der Waals surface area contributed by atoms with Crippen molar-refractivity contribution in [2.24, 2.45) is 10.1 Å². The van der Waals surface area contributed by atoms with Crippen LogP contribution in [0, 0.1) is 5.82 Å². The number of amidine groups is 1. The second-order valence-electron chi connectivity index (χ2n) is 5.97. The molecule has 148 valence electrons. The van der Waals surface area contributed by atoms with Crippen LogP contribution in [0.4, 0.5) is 10.1 Å². The van der Waals surface area contributed by atoms with E-state index < -0.39 is 42.7 Å². The number of amides is 1. The minimum atomic E-state index is -4.16. The Kier molecular flexibility index (Phi) is 4.95. The predicted molar refractivity (Wildman–Crippen MR) is 99.2 cm³/mol. The standard InChI is InChI=1S/C16H15FN4O5S2/c1-9(19-15-13-4-2-3-5-14(13)28(25,26)21-15)16(22)20-11-6-10(17)7-12(8-11)27(18,23)24/h2-9H,1H3,(H,19,21)(H,20,22)(H2,18,23,24)/t9-/m0/s1. The van der Waals surface area contributed by atoms with Crippen molar-refractivity contribution in [3.8, 4) is 0 Å². The van der Waals surface area contributed by atoms with E-state index in [2.05, 4.69) is 15.0 Å². The Labute approximate surface area is 160 Å². The Hall–Kier alpha value is -2.83. The third kappa shape index (κ3) is 4.03. The second kappa shape index (κ2) is 6.96. The highest BCUT2D eigenvalue weighted by Crippen LogP contribution is 2.23. The van der Waals surface area contributed by atoms with Gasteiger partial charge in [0, 0.05) is 11.3 Å². The average molecular weight is 426 g/mol. The van der Waals surface area contributed by atoms with E-state index in [0.717, 1.165) is 18.2 Å². The van der Waals surface area contributed by atoms with Crippen molar-refractivity contribution in [1.29, 1.82) is 0 Å². The van der Waals surface area contributed by atoms with Gasteiger partial charge in [0.25, 0.3) is 10.0 Å². The van der Waals surface area contributed by atoms with Gasteiger partial charge in [-0.05, 0) is 37.3 Å². The maximum Gasteiger partial charge on any atom is 0.263 e. The number of halogens is 1. The smallest absolute Gasteiger partial charge is 0.263 e.